The molecule has 0 aliphatic carbocycles. The lowest BCUT2D eigenvalue weighted by molar-refractivity contribution is -0.121. The number of aryl methyl sites for hydroxylation is 1. The molecule has 1 atom stereocenters. The molecule has 0 saturated carbocycles. The monoisotopic (exact) mass is 512 g/mol. The lowest BCUT2D eigenvalue weighted by atomic mass is 10.0. The Morgan fingerprint density at radius 3 is 2.14 bits per heavy atom. The smallest absolute Gasteiger partial charge is 0.241 e. The predicted octanol–water partition coefficient (Wildman–Crippen LogP) is 3.79. The van der Waals surface area contributed by atoms with Crippen molar-refractivity contribution in [2.75, 3.05) is 27.9 Å². The molecular weight excluding hydrogens is 480 g/mol. The number of hydrogen-bond acceptors (Lipinski definition) is 6. The van der Waals surface area contributed by atoms with Crippen molar-refractivity contribution in [3.8, 4) is 17.2 Å². The van der Waals surface area contributed by atoms with Crippen molar-refractivity contribution in [1.82, 2.24) is 10.0 Å². The van der Waals surface area contributed by atoms with E-state index in [1.165, 1.54) is 0 Å². The molecule has 0 unspecified atom stereocenters. The Morgan fingerprint density at radius 1 is 0.861 bits per heavy atom. The van der Waals surface area contributed by atoms with Crippen molar-refractivity contribution in [3.05, 3.63) is 83.4 Å². The molecule has 3 aromatic carbocycles. The summed E-state index contributed by atoms with van der Waals surface area (Å²) in [5.74, 6) is 1.61. The zero-order valence-electron chi connectivity index (χ0n) is 20.9. The molecule has 0 bridgehead atoms. The maximum absolute atomic E-state index is 13.1. The molecule has 8 nitrogen and oxygen atoms in total. The normalized spacial score (nSPS) is 12.0. The van der Waals surface area contributed by atoms with Crippen LogP contribution in [0.5, 0.6) is 17.2 Å². The van der Waals surface area contributed by atoms with E-state index in [0.717, 1.165) is 11.1 Å². The van der Waals surface area contributed by atoms with Gasteiger partial charge >= 0.3 is 0 Å². The molecule has 9 heteroatoms. The summed E-state index contributed by atoms with van der Waals surface area (Å²) in [4.78, 5) is 13.0. The first-order valence-corrected chi connectivity index (χ1v) is 12.9. The van der Waals surface area contributed by atoms with Crippen LogP contribution in [-0.2, 0) is 21.2 Å². The number of benzene rings is 3. The Morgan fingerprint density at radius 2 is 1.53 bits per heavy atom. The van der Waals surface area contributed by atoms with E-state index in [4.69, 9.17) is 14.2 Å². The molecule has 192 valence electrons. The number of nitrogens with one attached hydrogen (secondary N) is 2. The third kappa shape index (κ3) is 7.22. The highest BCUT2D eigenvalue weighted by Crippen LogP contribution is 2.28. The van der Waals surface area contributed by atoms with Gasteiger partial charge in [0.2, 0.25) is 15.9 Å². The highest BCUT2D eigenvalue weighted by molar-refractivity contribution is 7.89. The summed E-state index contributed by atoms with van der Waals surface area (Å²) in [6.07, 6.45) is 0.512. The minimum absolute atomic E-state index is 0.0661. The van der Waals surface area contributed by atoms with Crippen molar-refractivity contribution in [2.24, 2.45) is 0 Å². The van der Waals surface area contributed by atoms with Crippen LogP contribution in [0.1, 0.15) is 29.2 Å². The fourth-order valence-electron chi connectivity index (χ4n) is 3.68. The van der Waals surface area contributed by atoms with E-state index in [9.17, 15) is 13.2 Å². The van der Waals surface area contributed by atoms with Crippen molar-refractivity contribution >= 4 is 15.9 Å². The van der Waals surface area contributed by atoms with Crippen molar-refractivity contribution in [3.63, 3.8) is 0 Å². The summed E-state index contributed by atoms with van der Waals surface area (Å²) >= 11 is 0. The maximum atomic E-state index is 13.1. The van der Waals surface area contributed by atoms with Gasteiger partial charge in [0.05, 0.1) is 32.3 Å². The number of carbonyl (C=O) groups excluding carboxylic acids is 1. The van der Waals surface area contributed by atoms with Gasteiger partial charge < -0.3 is 19.5 Å². The van der Waals surface area contributed by atoms with Crippen LogP contribution < -0.4 is 24.2 Å². The Labute approximate surface area is 212 Å². The summed E-state index contributed by atoms with van der Waals surface area (Å²) < 4.78 is 44.6. The zero-order valence-corrected chi connectivity index (χ0v) is 21.7. The summed E-state index contributed by atoms with van der Waals surface area (Å²) in [6, 6.07) is 18.3. The lowest BCUT2D eigenvalue weighted by Crippen LogP contribution is -2.34. The average molecular weight is 513 g/mol. The first-order chi connectivity index (χ1) is 17.2. The quantitative estimate of drug-likeness (QED) is 0.383. The number of carbonyl (C=O) groups is 1. The fourth-order valence-corrected chi connectivity index (χ4v) is 4.90. The van der Waals surface area contributed by atoms with Gasteiger partial charge in [-0.25, -0.2) is 13.1 Å². The highest BCUT2D eigenvalue weighted by atomic mass is 32.2. The van der Waals surface area contributed by atoms with E-state index >= 15 is 0 Å². The van der Waals surface area contributed by atoms with Gasteiger partial charge in [-0.1, -0.05) is 35.9 Å². The number of rotatable bonds is 12. The second kappa shape index (κ2) is 12.4. The van der Waals surface area contributed by atoms with Gasteiger partial charge in [0.1, 0.15) is 5.75 Å². The number of methoxy groups -OCH3 is 3. The van der Waals surface area contributed by atoms with Gasteiger partial charge in [0.15, 0.2) is 11.5 Å². The largest absolute Gasteiger partial charge is 0.497 e. The summed E-state index contributed by atoms with van der Waals surface area (Å²) in [6.45, 7) is 2.27. The minimum Gasteiger partial charge on any atom is -0.497 e. The van der Waals surface area contributed by atoms with E-state index in [1.54, 1.807) is 69.9 Å². The third-order valence-electron chi connectivity index (χ3n) is 5.72. The number of amides is 1. The van der Waals surface area contributed by atoms with Crippen LogP contribution >= 0.6 is 0 Å². The SMILES string of the molecule is COc1ccc([C@H](CC(=O)NCCc2ccc(OC)c(OC)c2)NS(=O)(=O)c2ccc(C)cc2)cc1. The Hall–Kier alpha value is -3.56. The Bertz CT molecular complexity index is 1260. The van der Waals surface area contributed by atoms with Crippen LogP contribution in [0, 0.1) is 6.92 Å². The fraction of sp³-hybridized carbons (Fsp3) is 0.296. The third-order valence-corrected chi connectivity index (χ3v) is 7.21. The zero-order chi connectivity index (χ0) is 26.1. The number of hydrogen-bond donors (Lipinski definition) is 2. The molecule has 0 fully saturated rings. The predicted molar refractivity (Wildman–Crippen MR) is 138 cm³/mol. The molecular formula is C27H32N2O6S. The first kappa shape index (κ1) is 27.0. The van der Waals surface area contributed by atoms with Crippen LogP contribution in [0.2, 0.25) is 0 Å². The van der Waals surface area contributed by atoms with E-state index < -0.39 is 16.1 Å². The topological polar surface area (TPSA) is 103 Å². The Kier molecular flexibility index (Phi) is 9.32. The van der Waals surface area contributed by atoms with Gasteiger partial charge in [-0.2, -0.15) is 0 Å². The van der Waals surface area contributed by atoms with E-state index in [0.29, 0.717) is 35.8 Å². The maximum Gasteiger partial charge on any atom is 0.241 e. The van der Waals surface area contributed by atoms with Gasteiger partial charge in [-0.05, 0) is 60.9 Å². The average Bonchev–Trinajstić information content (AvgIpc) is 2.88. The molecule has 0 heterocycles. The van der Waals surface area contributed by atoms with Gasteiger partial charge in [-0.3, -0.25) is 4.79 Å². The first-order valence-electron chi connectivity index (χ1n) is 11.5. The summed E-state index contributed by atoms with van der Waals surface area (Å²) in [7, 11) is 0.847. The van der Waals surface area contributed by atoms with Crippen LogP contribution in [0.25, 0.3) is 0 Å². The lowest BCUT2D eigenvalue weighted by Gasteiger charge is -2.20. The minimum atomic E-state index is -3.85. The highest BCUT2D eigenvalue weighted by Gasteiger charge is 2.24. The molecule has 0 aromatic heterocycles. The van der Waals surface area contributed by atoms with Crippen LogP contribution in [0.4, 0.5) is 0 Å². The van der Waals surface area contributed by atoms with Gasteiger partial charge in [0, 0.05) is 13.0 Å². The van der Waals surface area contributed by atoms with Crippen molar-refractivity contribution in [2.45, 2.75) is 30.7 Å². The molecule has 3 rings (SSSR count). The summed E-state index contributed by atoms with van der Waals surface area (Å²) in [5, 5.41) is 2.88. The molecule has 1 amide bonds. The van der Waals surface area contributed by atoms with E-state index in [1.807, 2.05) is 25.1 Å². The Balaban J connectivity index is 1.70. The van der Waals surface area contributed by atoms with Crippen LogP contribution in [0.3, 0.4) is 0 Å². The van der Waals surface area contributed by atoms with Crippen molar-refractivity contribution in [1.29, 1.82) is 0 Å². The second-order valence-corrected chi connectivity index (χ2v) is 9.97. The molecule has 0 aliphatic heterocycles. The second-order valence-electron chi connectivity index (χ2n) is 8.25. The molecule has 2 N–H and O–H groups in total. The molecule has 0 spiro atoms. The molecule has 0 aliphatic rings. The van der Waals surface area contributed by atoms with Gasteiger partial charge in [0.25, 0.3) is 0 Å². The van der Waals surface area contributed by atoms with Crippen LogP contribution in [-0.4, -0.2) is 42.2 Å². The summed E-state index contributed by atoms with van der Waals surface area (Å²) in [5.41, 5.74) is 2.58. The van der Waals surface area contributed by atoms with Crippen LogP contribution in [0.15, 0.2) is 71.6 Å². The molecule has 0 saturated heterocycles. The van der Waals surface area contributed by atoms with E-state index in [2.05, 4.69) is 10.0 Å². The van der Waals surface area contributed by atoms with Crippen molar-refractivity contribution < 1.29 is 27.4 Å². The molecule has 3 aromatic rings. The molecule has 0 radical (unpaired) electrons. The van der Waals surface area contributed by atoms with E-state index in [-0.39, 0.29) is 17.2 Å². The van der Waals surface area contributed by atoms with Gasteiger partial charge in [-0.15, -0.1) is 0 Å². The standard InChI is InChI=1S/C27H32N2O6S/c1-19-5-12-23(13-6-19)36(31,32)29-24(21-8-10-22(33-2)11-9-21)18-27(30)28-16-15-20-7-14-25(34-3)26(17-20)35-4/h5-14,17,24,29H,15-16,18H2,1-4H3,(H,28,30)/t24-/m0/s1. The number of sulfonamides is 1. The molecule has 36 heavy (non-hydrogen) atoms. The number of ether oxygens (including phenoxy) is 3.